The summed E-state index contributed by atoms with van der Waals surface area (Å²) in [6, 6.07) is 3.43. The molecule has 1 unspecified atom stereocenters. The number of fused-ring (bicyclic) bond motifs is 1. The minimum absolute atomic E-state index is 0.239. The lowest BCUT2D eigenvalue weighted by molar-refractivity contribution is 0.120. The van der Waals surface area contributed by atoms with Crippen LogP contribution in [0.3, 0.4) is 0 Å². The van der Waals surface area contributed by atoms with E-state index in [-0.39, 0.29) is 6.10 Å². The minimum atomic E-state index is -0.472. The van der Waals surface area contributed by atoms with Crippen LogP contribution in [0.25, 0.3) is 11.1 Å². The van der Waals surface area contributed by atoms with Gasteiger partial charge in [-0.15, -0.1) is 0 Å². The number of nitrogen functional groups attached to an aromatic ring is 1. The van der Waals surface area contributed by atoms with Gasteiger partial charge < -0.3 is 20.2 Å². The quantitative estimate of drug-likeness (QED) is 0.713. The summed E-state index contributed by atoms with van der Waals surface area (Å²) in [6.07, 6.45) is 2.41. The van der Waals surface area contributed by atoms with Gasteiger partial charge in [-0.2, -0.15) is 0 Å². The summed E-state index contributed by atoms with van der Waals surface area (Å²) in [5, 5.41) is 3.24. The summed E-state index contributed by atoms with van der Waals surface area (Å²) in [5.41, 5.74) is 8.36. The Balaban J connectivity index is 1.81. The molecule has 0 radical (unpaired) electrons. The molecule has 2 heterocycles. The molecule has 2 aromatic rings. The summed E-state index contributed by atoms with van der Waals surface area (Å²) in [7, 11) is 0. The molecule has 1 aliphatic heterocycles. The number of nitrogens with two attached hydrogens (primary N) is 1. The number of hydrogen-bond acceptors (Lipinski definition) is 5. The van der Waals surface area contributed by atoms with E-state index in [2.05, 4.69) is 10.3 Å². The van der Waals surface area contributed by atoms with Crippen molar-refractivity contribution in [1.82, 2.24) is 4.98 Å². The molecular formula is C12H15N3O3. The van der Waals surface area contributed by atoms with E-state index in [9.17, 15) is 4.79 Å². The highest BCUT2D eigenvalue weighted by Gasteiger charge is 2.15. The molecule has 18 heavy (non-hydrogen) atoms. The fourth-order valence-electron chi connectivity index (χ4n) is 2.20. The molecule has 1 aliphatic rings. The van der Waals surface area contributed by atoms with Crippen molar-refractivity contribution in [1.29, 1.82) is 0 Å². The number of H-pyrrole nitrogens is 1. The van der Waals surface area contributed by atoms with Crippen LogP contribution in [-0.4, -0.2) is 24.2 Å². The highest BCUT2D eigenvalue weighted by Crippen LogP contribution is 2.25. The molecule has 1 aromatic heterocycles. The number of aromatic nitrogens is 1. The van der Waals surface area contributed by atoms with E-state index in [0.717, 1.165) is 31.7 Å². The number of anilines is 2. The van der Waals surface area contributed by atoms with E-state index < -0.39 is 5.76 Å². The van der Waals surface area contributed by atoms with Gasteiger partial charge in [-0.1, -0.05) is 0 Å². The zero-order valence-corrected chi connectivity index (χ0v) is 9.86. The fraction of sp³-hybridized carbons (Fsp3) is 0.417. The van der Waals surface area contributed by atoms with Gasteiger partial charge in [0.15, 0.2) is 5.58 Å². The lowest BCUT2D eigenvalue weighted by Gasteiger charge is -2.13. The molecule has 96 valence electrons. The van der Waals surface area contributed by atoms with Crippen molar-refractivity contribution in [2.45, 2.75) is 18.9 Å². The van der Waals surface area contributed by atoms with Gasteiger partial charge in [-0.3, -0.25) is 4.98 Å². The van der Waals surface area contributed by atoms with Crippen LogP contribution in [0.5, 0.6) is 0 Å². The van der Waals surface area contributed by atoms with Crippen molar-refractivity contribution in [2.75, 3.05) is 24.2 Å². The van der Waals surface area contributed by atoms with E-state index in [4.69, 9.17) is 14.9 Å². The molecule has 0 saturated carbocycles. The van der Waals surface area contributed by atoms with E-state index in [1.165, 1.54) is 0 Å². The summed E-state index contributed by atoms with van der Waals surface area (Å²) in [5.74, 6) is -0.472. The van der Waals surface area contributed by atoms with Crippen LogP contribution in [0.4, 0.5) is 11.4 Å². The molecule has 0 amide bonds. The molecule has 0 spiro atoms. The Morgan fingerprint density at radius 3 is 3.17 bits per heavy atom. The Morgan fingerprint density at radius 2 is 2.39 bits per heavy atom. The normalized spacial score (nSPS) is 19.4. The Kier molecular flexibility index (Phi) is 2.71. The van der Waals surface area contributed by atoms with Crippen LogP contribution in [0, 0.1) is 0 Å². The number of benzene rings is 1. The first kappa shape index (κ1) is 11.2. The first-order valence-corrected chi connectivity index (χ1v) is 6.00. The van der Waals surface area contributed by atoms with Gasteiger partial charge in [-0.05, 0) is 18.9 Å². The van der Waals surface area contributed by atoms with Crippen LogP contribution < -0.4 is 16.8 Å². The van der Waals surface area contributed by atoms with Crippen LogP contribution in [0.15, 0.2) is 21.3 Å². The first-order chi connectivity index (χ1) is 8.72. The topological polar surface area (TPSA) is 93.3 Å². The van der Waals surface area contributed by atoms with E-state index in [0.29, 0.717) is 16.8 Å². The Bertz CT molecular complexity index is 611. The van der Waals surface area contributed by atoms with E-state index in [1.807, 2.05) is 0 Å². The second-order valence-corrected chi connectivity index (χ2v) is 4.47. The third kappa shape index (κ3) is 2.06. The monoisotopic (exact) mass is 249 g/mol. The fourth-order valence-corrected chi connectivity index (χ4v) is 2.20. The average Bonchev–Trinajstić information content (AvgIpc) is 2.94. The molecule has 0 aliphatic carbocycles. The van der Waals surface area contributed by atoms with E-state index >= 15 is 0 Å². The second kappa shape index (κ2) is 4.38. The molecule has 1 saturated heterocycles. The van der Waals surface area contributed by atoms with Gasteiger partial charge in [0, 0.05) is 19.2 Å². The van der Waals surface area contributed by atoms with Gasteiger partial charge in [0.2, 0.25) is 0 Å². The number of hydrogen-bond donors (Lipinski definition) is 3. The lowest BCUT2D eigenvalue weighted by Crippen LogP contribution is -2.18. The Morgan fingerprint density at radius 1 is 1.50 bits per heavy atom. The zero-order valence-electron chi connectivity index (χ0n) is 9.86. The zero-order chi connectivity index (χ0) is 12.5. The molecule has 6 nitrogen and oxygen atoms in total. The molecule has 1 fully saturated rings. The van der Waals surface area contributed by atoms with Gasteiger partial charge in [0.1, 0.15) is 0 Å². The van der Waals surface area contributed by atoms with Crippen LogP contribution in [0.1, 0.15) is 12.8 Å². The maximum absolute atomic E-state index is 11.1. The van der Waals surface area contributed by atoms with Crippen molar-refractivity contribution in [3.63, 3.8) is 0 Å². The number of oxazole rings is 1. The summed E-state index contributed by atoms with van der Waals surface area (Å²) in [4.78, 5) is 13.7. The summed E-state index contributed by atoms with van der Waals surface area (Å²) >= 11 is 0. The third-order valence-electron chi connectivity index (χ3n) is 3.14. The van der Waals surface area contributed by atoms with Gasteiger partial charge in [-0.25, -0.2) is 4.79 Å². The lowest BCUT2D eigenvalue weighted by atomic mass is 10.2. The maximum Gasteiger partial charge on any atom is 0.417 e. The molecule has 6 heteroatoms. The van der Waals surface area contributed by atoms with Gasteiger partial charge >= 0.3 is 5.76 Å². The predicted octanol–water partition coefficient (Wildman–Crippen LogP) is 1.29. The summed E-state index contributed by atoms with van der Waals surface area (Å²) < 4.78 is 10.5. The number of nitrogens with one attached hydrogen (secondary N) is 2. The highest BCUT2D eigenvalue weighted by atomic mass is 16.5. The number of rotatable bonds is 3. The third-order valence-corrected chi connectivity index (χ3v) is 3.14. The van der Waals surface area contributed by atoms with Crippen LogP contribution in [-0.2, 0) is 4.74 Å². The minimum Gasteiger partial charge on any atom is -0.408 e. The Labute approximate surface area is 103 Å². The van der Waals surface area contributed by atoms with Crippen molar-refractivity contribution in [3.8, 4) is 0 Å². The van der Waals surface area contributed by atoms with E-state index in [1.54, 1.807) is 12.1 Å². The van der Waals surface area contributed by atoms with Crippen molar-refractivity contribution in [3.05, 3.63) is 22.7 Å². The van der Waals surface area contributed by atoms with Crippen LogP contribution in [0.2, 0.25) is 0 Å². The molecule has 1 aromatic carbocycles. The van der Waals surface area contributed by atoms with Crippen molar-refractivity contribution in [2.24, 2.45) is 0 Å². The first-order valence-electron chi connectivity index (χ1n) is 6.00. The molecule has 3 rings (SSSR count). The Hall–Kier alpha value is -1.95. The SMILES string of the molecule is Nc1cc2oc(=O)[nH]c2cc1NCC1CCCO1. The molecule has 0 bridgehead atoms. The smallest absolute Gasteiger partial charge is 0.408 e. The number of aromatic amines is 1. The van der Waals surface area contributed by atoms with Gasteiger partial charge in [0.05, 0.1) is 23.0 Å². The molecular weight excluding hydrogens is 234 g/mol. The van der Waals surface area contributed by atoms with Crippen LogP contribution >= 0.6 is 0 Å². The standard InChI is InChI=1S/C12H15N3O3/c13-8-4-11-10(15-12(16)18-11)5-9(8)14-6-7-2-1-3-17-7/h4-5,7,14H,1-3,6,13H2,(H,15,16). The van der Waals surface area contributed by atoms with Gasteiger partial charge in [0.25, 0.3) is 0 Å². The molecule has 1 atom stereocenters. The maximum atomic E-state index is 11.1. The van der Waals surface area contributed by atoms with Crippen molar-refractivity contribution < 1.29 is 9.15 Å². The second-order valence-electron chi connectivity index (χ2n) is 4.47. The number of ether oxygens (including phenoxy) is 1. The van der Waals surface area contributed by atoms with Crippen molar-refractivity contribution >= 4 is 22.5 Å². The predicted molar refractivity (Wildman–Crippen MR) is 68.7 cm³/mol. The highest BCUT2D eigenvalue weighted by molar-refractivity contribution is 5.85. The average molecular weight is 249 g/mol. The summed E-state index contributed by atoms with van der Waals surface area (Å²) in [6.45, 7) is 1.55. The largest absolute Gasteiger partial charge is 0.417 e. The molecule has 4 N–H and O–H groups in total.